The Labute approximate surface area is 252 Å². The number of methoxy groups -OCH3 is 1. The number of benzene rings is 2. The minimum absolute atomic E-state index is 0.0163. The van der Waals surface area contributed by atoms with E-state index in [4.69, 9.17) is 23.7 Å². The molecule has 3 fully saturated rings. The van der Waals surface area contributed by atoms with Crippen LogP contribution in [0.2, 0.25) is 0 Å². The van der Waals surface area contributed by atoms with E-state index in [9.17, 15) is 40.7 Å². The largest absolute Gasteiger partial charge is 0.432 e. The third-order valence-electron chi connectivity index (χ3n) is 7.97. The Bertz CT molecular complexity index is 1370. The summed E-state index contributed by atoms with van der Waals surface area (Å²) in [6.07, 6.45) is -11.4. The Morgan fingerprint density at radius 1 is 0.800 bits per heavy atom. The number of nitrogens with zero attached hydrogens (tertiary/aromatic N) is 2. The van der Waals surface area contributed by atoms with Crippen molar-refractivity contribution in [2.24, 2.45) is 0 Å². The first-order valence-corrected chi connectivity index (χ1v) is 13.8. The molecular formula is C29H28F6N2O8. The van der Waals surface area contributed by atoms with Crippen molar-refractivity contribution in [1.29, 1.82) is 0 Å². The summed E-state index contributed by atoms with van der Waals surface area (Å²) in [7, 11) is 1.39. The van der Waals surface area contributed by atoms with Gasteiger partial charge in [0.05, 0.1) is 30.9 Å². The molecule has 16 heteroatoms. The summed E-state index contributed by atoms with van der Waals surface area (Å²) >= 11 is 0. The Balaban J connectivity index is 1.31. The molecule has 10 nitrogen and oxygen atoms in total. The van der Waals surface area contributed by atoms with E-state index in [2.05, 4.69) is 0 Å². The zero-order valence-corrected chi connectivity index (χ0v) is 23.8. The molecule has 3 aliphatic rings. The van der Waals surface area contributed by atoms with Crippen molar-refractivity contribution in [2.75, 3.05) is 46.5 Å². The van der Waals surface area contributed by atoms with Crippen LogP contribution in [0.4, 0.5) is 31.1 Å². The molecule has 0 bridgehead atoms. The number of amides is 1. The first kappa shape index (κ1) is 32.5. The lowest BCUT2D eigenvalue weighted by molar-refractivity contribution is -0.287. The SMILES string of the molecule is COCCN1C(=O)OC2(CCN(CCOC(c3cccc(C(F)(F)F)c3)c3cccc(C(F)(F)F)c3)CC2)C12OC(=O)C(=O)O2. The van der Waals surface area contributed by atoms with Crippen molar-refractivity contribution < 1.29 is 64.4 Å². The first-order valence-electron chi connectivity index (χ1n) is 13.8. The van der Waals surface area contributed by atoms with Crippen molar-refractivity contribution >= 4 is 18.0 Å². The molecule has 244 valence electrons. The van der Waals surface area contributed by atoms with Crippen LogP contribution in [0.25, 0.3) is 0 Å². The monoisotopic (exact) mass is 646 g/mol. The summed E-state index contributed by atoms with van der Waals surface area (Å²) in [6.45, 7) is 0.482. The molecule has 0 N–H and O–H groups in total. The van der Waals surface area contributed by atoms with Crippen molar-refractivity contribution in [2.45, 2.75) is 42.8 Å². The normalized spacial score (nSPS) is 19.8. The van der Waals surface area contributed by atoms with Crippen LogP contribution in [0.3, 0.4) is 0 Å². The number of alkyl halides is 6. The van der Waals surface area contributed by atoms with Crippen LogP contribution in [-0.4, -0.2) is 85.8 Å². The first-order chi connectivity index (χ1) is 21.2. The Morgan fingerprint density at radius 2 is 1.33 bits per heavy atom. The van der Waals surface area contributed by atoms with Gasteiger partial charge in [-0.25, -0.2) is 19.3 Å². The third kappa shape index (κ3) is 6.31. The van der Waals surface area contributed by atoms with E-state index in [1.165, 1.54) is 19.2 Å². The average Bonchev–Trinajstić information content (AvgIpc) is 3.40. The van der Waals surface area contributed by atoms with Crippen LogP contribution < -0.4 is 0 Å². The van der Waals surface area contributed by atoms with Gasteiger partial charge in [0.25, 0.3) is 0 Å². The number of carbonyl (C=O) groups excluding carboxylic acids is 3. The van der Waals surface area contributed by atoms with E-state index in [-0.39, 0.29) is 63.4 Å². The standard InChI is InChI=1S/C29H28F6N2O8/c1-41-14-13-37-25(40)45-26(29(37)43-23(38)24(39)44-29)8-10-36(11-9-26)12-15-42-22(18-4-2-6-20(16-18)27(30,31)32)19-5-3-7-21(17-19)28(33,34)35/h2-7,16-17,22H,8-15H2,1H3. The molecule has 2 spiro atoms. The molecular weight excluding hydrogens is 618 g/mol. The van der Waals surface area contributed by atoms with Crippen LogP contribution in [0.5, 0.6) is 0 Å². The van der Waals surface area contributed by atoms with Crippen LogP contribution >= 0.6 is 0 Å². The van der Waals surface area contributed by atoms with Crippen LogP contribution in [0.15, 0.2) is 48.5 Å². The number of carbonyl (C=O) groups is 3. The molecule has 0 radical (unpaired) electrons. The lowest BCUT2D eigenvalue weighted by Gasteiger charge is -2.43. The van der Waals surface area contributed by atoms with Crippen LogP contribution in [0.1, 0.15) is 41.2 Å². The zero-order chi connectivity index (χ0) is 32.6. The van der Waals surface area contributed by atoms with Crippen LogP contribution in [0, 0.1) is 0 Å². The van der Waals surface area contributed by atoms with Crippen molar-refractivity contribution in [3.8, 4) is 0 Å². The summed E-state index contributed by atoms with van der Waals surface area (Å²) in [5.74, 6) is -4.67. The second-order valence-electron chi connectivity index (χ2n) is 10.7. The van der Waals surface area contributed by atoms with Gasteiger partial charge in [-0.1, -0.05) is 24.3 Å². The van der Waals surface area contributed by atoms with Gasteiger partial charge in [0, 0.05) is 39.6 Å². The number of ether oxygens (including phenoxy) is 5. The van der Waals surface area contributed by atoms with Gasteiger partial charge in [-0.05, 0) is 35.4 Å². The van der Waals surface area contributed by atoms with E-state index in [0.717, 1.165) is 41.3 Å². The number of halogens is 6. The highest BCUT2D eigenvalue weighted by Crippen LogP contribution is 2.50. The van der Waals surface area contributed by atoms with Crippen LogP contribution in [-0.2, 0) is 45.6 Å². The number of esters is 2. The van der Waals surface area contributed by atoms with E-state index in [1.54, 1.807) is 0 Å². The van der Waals surface area contributed by atoms with Crippen molar-refractivity contribution in [3.05, 3.63) is 70.8 Å². The molecule has 45 heavy (non-hydrogen) atoms. The van der Waals surface area contributed by atoms with Gasteiger partial charge in [0.15, 0.2) is 0 Å². The fourth-order valence-corrected chi connectivity index (χ4v) is 5.72. The Morgan fingerprint density at radius 3 is 1.82 bits per heavy atom. The number of hydrogen-bond acceptors (Lipinski definition) is 9. The summed E-state index contributed by atoms with van der Waals surface area (Å²) in [5, 5.41) is 0. The maximum absolute atomic E-state index is 13.4. The number of likely N-dealkylation sites (tertiary alicyclic amines) is 1. The molecule has 3 saturated heterocycles. The second-order valence-corrected chi connectivity index (χ2v) is 10.7. The summed E-state index contributed by atoms with van der Waals surface area (Å²) in [5.41, 5.74) is -3.44. The molecule has 0 atom stereocenters. The molecule has 5 rings (SSSR count). The number of hydrogen-bond donors (Lipinski definition) is 0. The predicted octanol–water partition coefficient (Wildman–Crippen LogP) is 4.52. The summed E-state index contributed by atoms with van der Waals surface area (Å²) in [4.78, 5) is 39.8. The molecule has 0 aliphatic carbocycles. The quantitative estimate of drug-likeness (QED) is 0.221. The van der Waals surface area contributed by atoms with E-state index in [1.807, 2.05) is 4.90 Å². The van der Waals surface area contributed by atoms with Gasteiger partial charge in [-0.3, -0.25) is 0 Å². The number of rotatable bonds is 9. The average molecular weight is 647 g/mol. The zero-order valence-electron chi connectivity index (χ0n) is 23.8. The van der Waals surface area contributed by atoms with Gasteiger partial charge in [0.1, 0.15) is 6.10 Å². The summed E-state index contributed by atoms with van der Waals surface area (Å²) in [6, 6.07) is 8.39. The van der Waals surface area contributed by atoms with E-state index in [0.29, 0.717) is 0 Å². The van der Waals surface area contributed by atoms with Gasteiger partial charge in [-0.15, -0.1) is 0 Å². The van der Waals surface area contributed by atoms with Gasteiger partial charge in [0.2, 0.25) is 5.60 Å². The second kappa shape index (κ2) is 12.1. The lowest BCUT2D eigenvalue weighted by atomic mass is 9.87. The highest BCUT2D eigenvalue weighted by Gasteiger charge is 2.75. The lowest BCUT2D eigenvalue weighted by Crippen LogP contribution is -2.63. The highest BCUT2D eigenvalue weighted by atomic mass is 19.4. The maximum Gasteiger partial charge on any atom is 0.422 e. The Hall–Kier alpha value is -3.89. The number of piperidine rings is 1. The van der Waals surface area contributed by atoms with E-state index < -0.39 is 59.1 Å². The molecule has 2 aromatic rings. The Kier molecular flexibility index (Phi) is 8.76. The van der Waals surface area contributed by atoms with Crippen molar-refractivity contribution in [1.82, 2.24) is 9.80 Å². The summed E-state index contributed by atoms with van der Waals surface area (Å²) < 4.78 is 108. The maximum atomic E-state index is 13.4. The molecule has 1 amide bonds. The van der Waals surface area contributed by atoms with Gasteiger partial charge in [-0.2, -0.15) is 26.3 Å². The molecule has 0 saturated carbocycles. The fraction of sp³-hybridized carbons (Fsp3) is 0.483. The third-order valence-corrected chi connectivity index (χ3v) is 7.97. The van der Waals surface area contributed by atoms with Gasteiger partial charge < -0.3 is 28.6 Å². The molecule has 0 unspecified atom stereocenters. The minimum atomic E-state index is -4.68. The molecule has 2 aromatic carbocycles. The van der Waals surface area contributed by atoms with E-state index >= 15 is 0 Å². The molecule has 3 heterocycles. The minimum Gasteiger partial charge on any atom is -0.432 e. The molecule has 3 aliphatic heterocycles. The molecule has 0 aromatic heterocycles. The fourth-order valence-electron chi connectivity index (χ4n) is 5.72. The topological polar surface area (TPSA) is 104 Å². The van der Waals surface area contributed by atoms with Crippen molar-refractivity contribution in [3.63, 3.8) is 0 Å². The smallest absolute Gasteiger partial charge is 0.422 e. The van der Waals surface area contributed by atoms with Gasteiger partial charge >= 0.3 is 36.3 Å². The predicted molar refractivity (Wildman–Crippen MR) is 139 cm³/mol. The number of fused-ring (bicyclic) bond motifs is 1. The highest BCUT2D eigenvalue weighted by molar-refractivity contribution is 6.31.